The molecule has 1 rings (SSSR count). The van der Waals surface area contributed by atoms with Gasteiger partial charge in [0.25, 0.3) is 0 Å². The summed E-state index contributed by atoms with van der Waals surface area (Å²) in [5.41, 5.74) is 0.371. The molecule has 0 aromatic heterocycles. The third-order valence-corrected chi connectivity index (χ3v) is 4.11. The van der Waals surface area contributed by atoms with E-state index in [4.69, 9.17) is 16.3 Å². The van der Waals surface area contributed by atoms with Crippen LogP contribution in [0.1, 0.15) is 39.0 Å². The van der Waals surface area contributed by atoms with E-state index in [1.807, 2.05) is 0 Å². The first-order valence-electron chi connectivity index (χ1n) is 5.30. The molecule has 0 amide bonds. The number of alkyl halides is 1. The highest BCUT2D eigenvalue weighted by atomic mass is 35.5. The molecule has 1 nitrogen and oxygen atoms in total. The molecule has 1 unspecified atom stereocenters. The molecule has 0 N–H and O–H groups in total. The van der Waals surface area contributed by atoms with E-state index in [0.29, 0.717) is 11.3 Å². The minimum Gasteiger partial charge on any atom is -0.384 e. The van der Waals surface area contributed by atoms with Crippen molar-refractivity contribution in [3.63, 3.8) is 0 Å². The first kappa shape index (κ1) is 11.3. The minimum atomic E-state index is 0.371. The van der Waals surface area contributed by atoms with Gasteiger partial charge in [0.15, 0.2) is 0 Å². The Labute approximate surface area is 86.8 Å². The van der Waals surface area contributed by atoms with E-state index in [2.05, 4.69) is 6.92 Å². The van der Waals surface area contributed by atoms with Crippen LogP contribution < -0.4 is 0 Å². The van der Waals surface area contributed by atoms with Gasteiger partial charge in [0.1, 0.15) is 0 Å². The van der Waals surface area contributed by atoms with Crippen LogP contribution in [-0.4, -0.2) is 19.6 Å². The smallest absolute Gasteiger partial charge is 0.0493 e. The van der Waals surface area contributed by atoms with Crippen LogP contribution >= 0.6 is 11.6 Å². The van der Waals surface area contributed by atoms with Crippen molar-refractivity contribution >= 4 is 11.6 Å². The normalized spacial score (nSPS) is 24.2. The van der Waals surface area contributed by atoms with Crippen molar-refractivity contribution in [2.45, 2.75) is 39.0 Å². The fraction of sp³-hybridized carbons (Fsp3) is 1.00. The summed E-state index contributed by atoms with van der Waals surface area (Å²) in [5.74, 6) is 1.41. The second-order valence-corrected chi connectivity index (χ2v) is 4.68. The zero-order chi connectivity index (χ0) is 9.73. The largest absolute Gasteiger partial charge is 0.384 e. The Kier molecular flexibility index (Phi) is 4.54. The molecular weight excluding hydrogens is 184 g/mol. The van der Waals surface area contributed by atoms with E-state index in [1.54, 1.807) is 7.11 Å². The maximum atomic E-state index is 6.11. The highest BCUT2D eigenvalue weighted by Gasteiger charge is 2.36. The molecule has 0 aromatic rings. The fourth-order valence-corrected chi connectivity index (χ4v) is 2.97. The maximum absolute atomic E-state index is 6.11. The predicted molar refractivity (Wildman–Crippen MR) is 57.3 cm³/mol. The standard InChI is InChI=1S/C11H21ClO/c1-10(8-13-2)11(9-12)6-4-3-5-7-11/h10H,3-9H2,1-2H3. The van der Waals surface area contributed by atoms with Gasteiger partial charge in [-0.15, -0.1) is 11.6 Å². The molecule has 1 aliphatic rings. The lowest BCUT2D eigenvalue weighted by atomic mass is 9.68. The van der Waals surface area contributed by atoms with Gasteiger partial charge < -0.3 is 4.74 Å². The van der Waals surface area contributed by atoms with Crippen LogP contribution in [-0.2, 0) is 4.74 Å². The first-order chi connectivity index (χ1) is 6.25. The summed E-state index contributed by atoms with van der Waals surface area (Å²) in [6, 6.07) is 0. The van der Waals surface area contributed by atoms with Crippen molar-refractivity contribution in [1.29, 1.82) is 0 Å². The molecule has 0 aromatic carbocycles. The lowest BCUT2D eigenvalue weighted by Crippen LogP contribution is -2.35. The zero-order valence-electron chi connectivity index (χ0n) is 8.81. The Balaban J connectivity index is 2.55. The quantitative estimate of drug-likeness (QED) is 0.638. The van der Waals surface area contributed by atoms with E-state index < -0.39 is 0 Å². The van der Waals surface area contributed by atoms with Gasteiger partial charge in [-0.1, -0.05) is 26.2 Å². The Morgan fingerprint density at radius 2 is 1.92 bits per heavy atom. The van der Waals surface area contributed by atoms with Crippen LogP contribution in [0.2, 0.25) is 0 Å². The third-order valence-electron chi connectivity index (χ3n) is 3.58. The van der Waals surface area contributed by atoms with Crippen molar-refractivity contribution in [3.8, 4) is 0 Å². The molecule has 0 radical (unpaired) electrons. The Hall–Kier alpha value is 0.250. The number of ether oxygens (including phenoxy) is 1. The van der Waals surface area contributed by atoms with Crippen molar-refractivity contribution < 1.29 is 4.74 Å². The van der Waals surface area contributed by atoms with Gasteiger partial charge in [0.05, 0.1) is 0 Å². The van der Waals surface area contributed by atoms with Crippen molar-refractivity contribution in [3.05, 3.63) is 0 Å². The van der Waals surface area contributed by atoms with Gasteiger partial charge in [0.2, 0.25) is 0 Å². The molecule has 0 heterocycles. The average molecular weight is 205 g/mol. The summed E-state index contributed by atoms with van der Waals surface area (Å²) in [6.07, 6.45) is 6.67. The van der Waals surface area contributed by atoms with Crippen LogP contribution in [0.4, 0.5) is 0 Å². The van der Waals surface area contributed by atoms with Crippen LogP contribution in [0.5, 0.6) is 0 Å². The van der Waals surface area contributed by atoms with Crippen LogP contribution in [0.25, 0.3) is 0 Å². The number of methoxy groups -OCH3 is 1. The number of halogens is 1. The van der Waals surface area contributed by atoms with E-state index >= 15 is 0 Å². The van der Waals surface area contributed by atoms with E-state index in [0.717, 1.165) is 12.5 Å². The van der Waals surface area contributed by atoms with Crippen LogP contribution in [0.15, 0.2) is 0 Å². The summed E-state index contributed by atoms with van der Waals surface area (Å²) in [6.45, 7) is 3.13. The number of hydrogen-bond donors (Lipinski definition) is 0. The molecule has 78 valence electrons. The molecule has 0 saturated heterocycles. The monoisotopic (exact) mass is 204 g/mol. The molecule has 1 aliphatic carbocycles. The predicted octanol–water partition coefficient (Wildman–Crippen LogP) is 3.46. The van der Waals surface area contributed by atoms with Gasteiger partial charge in [-0.2, -0.15) is 0 Å². The summed E-state index contributed by atoms with van der Waals surface area (Å²) in [4.78, 5) is 0. The summed E-state index contributed by atoms with van der Waals surface area (Å²) in [5, 5.41) is 0. The molecule has 1 saturated carbocycles. The lowest BCUT2D eigenvalue weighted by molar-refractivity contribution is 0.0565. The number of hydrogen-bond acceptors (Lipinski definition) is 1. The van der Waals surface area contributed by atoms with Crippen LogP contribution in [0.3, 0.4) is 0 Å². The molecule has 0 spiro atoms. The van der Waals surface area contributed by atoms with Gasteiger partial charge in [-0.25, -0.2) is 0 Å². The SMILES string of the molecule is COCC(C)C1(CCl)CCCCC1. The van der Waals surface area contributed by atoms with E-state index in [1.165, 1.54) is 32.1 Å². The Morgan fingerprint density at radius 3 is 2.38 bits per heavy atom. The zero-order valence-corrected chi connectivity index (χ0v) is 9.57. The van der Waals surface area contributed by atoms with Crippen molar-refractivity contribution in [2.24, 2.45) is 11.3 Å². The highest BCUT2D eigenvalue weighted by Crippen LogP contribution is 2.43. The Morgan fingerprint density at radius 1 is 1.31 bits per heavy atom. The third kappa shape index (κ3) is 2.60. The first-order valence-corrected chi connectivity index (χ1v) is 5.83. The van der Waals surface area contributed by atoms with Crippen molar-refractivity contribution in [2.75, 3.05) is 19.6 Å². The summed E-state index contributed by atoms with van der Waals surface area (Å²) < 4.78 is 5.23. The van der Waals surface area contributed by atoms with Crippen LogP contribution in [0, 0.1) is 11.3 Å². The van der Waals surface area contributed by atoms with Gasteiger partial charge >= 0.3 is 0 Å². The second-order valence-electron chi connectivity index (χ2n) is 4.41. The highest BCUT2D eigenvalue weighted by molar-refractivity contribution is 6.18. The summed E-state index contributed by atoms with van der Waals surface area (Å²) >= 11 is 6.11. The number of rotatable bonds is 4. The maximum Gasteiger partial charge on any atom is 0.0493 e. The lowest BCUT2D eigenvalue weighted by Gasteiger charge is -2.40. The summed E-state index contributed by atoms with van der Waals surface area (Å²) in [7, 11) is 1.78. The van der Waals surface area contributed by atoms with Gasteiger partial charge in [-0.3, -0.25) is 0 Å². The molecule has 1 atom stereocenters. The fourth-order valence-electron chi connectivity index (χ4n) is 2.44. The minimum absolute atomic E-state index is 0.371. The molecular formula is C11H21ClO. The van der Waals surface area contributed by atoms with Gasteiger partial charge in [-0.05, 0) is 24.2 Å². The molecule has 2 heteroatoms. The molecule has 1 fully saturated rings. The Bertz CT molecular complexity index is 141. The molecule has 13 heavy (non-hydrogen) atoms. The van der Waals surface area contributed by atoms with E-state index in [9.17, 15) is 0 Å². The topological polar surface area (TPSA) is 9.23 Å². The van der Waals surface area contributed by atoms with E-state index in [-0.39, 0.29) is 0 Å². The second kappa shape index (κ2) is 5.21. The molecule has 0 bridgehead atoms. The average Bonchev–Trinajstić information content (AvgIpc) is 2.19. The van der Waals surface area contributed by atoms with Gasteiger partial charge in [0, 0.05) is 19.6 Å². The molecule has 0 aliphatic heterocycles. The van der Waals surface area contributed by atoms with Crippen molar-refractivity contribution in [1.82, 2.24) is 0 Å².